The van der Waals surface area contributed by atoms with Crippen molar-refractivity contribution >= 4 is 21.5 Å². The quantitative estimate of drug-likeness (QED) is 0.471. The van der Waals surface area contributed by atoms with E-state index < -0.39 is 10.0 Å². The maximum atomic E-state index is 12.4. The molecule has 0 unspecified atom stereocenters. The molecule has 8 nitrogen and oxygen atoms in total. The van der Waals surface area contributed by atoms with E-state index in [4.69, 9.17) is 0 Å². The van der Waals surface area contributed by atoms with Crippen molar-refractivity contribution in [2.24, 2.45) is 0 Å². The Morgan fingerprint density at radius 1 is 1.24 bits per heavy atom. The highest BCUT2D eigenvalue weighted by Crippen LogP contribution is 2.17. The summed E-state index contributed by atoms with van der Waals surface area (Å²) in [5.74, 6) is -0.123. The summed E-state index contributed by atoms with van der Waals surface area (Å²) < 4.78 is 29.0. The summed E-state index contributed by atoms with van der Waals surface area (Å²) in [7, 11) is -3.67. The third-order valence-corrected chi connectivity index (χ3v) is 6.01. The maximum Gasteiger partial charge on any atom is 0.240 e. The van der Waals surface area contributed by atoms with Gasteiger partial charge in [-0.25, -0.2) is 22.6 Å². The lowest BCUT2D eigenvalue weighted by Gasteiger charge is -2.07. The molecule has 0 bridgehead atoms. The zero-order valence-corrected chi connectivity index (χ0v) is 17.2. The molecule has 0 radical (unpaired) electrons. The van der Waals surface area contributed by atoms with Gasteiger partial charge in [-0.1, -0.05) is 12.1 Å². The van der Waals surface area contributed by atoms with Gasteiger partial charge in [0.2, 0.25) is 10.0 Å². The highest BCUT2D eigenvalue weighted by Gasteiger charge is 2.17. The van der Waals surface area contributed by atoms with Crippen LogP contribution in [-0.2, 0) is 16.4 Å². The molecule has 0 aliphatic carbocycles. The first kappa shape index (κ1) is 20.6. The van der Waals surface area contributed by atoms with Crippen LogP contribution in [0.1, 0.15) is 46.3 Å². The SMILES string of the molecule is CC(=O)c1ccc(S(=O)(=O)NCCCc2nn3c(C)cc(C)nc3c2C#N)cc1. The van der Waals surface area contributed by atoms with E-state index in [1.165, 1.54) is 31.2 Å². The molecule has 3 rings (SSSR count). The fraction of sp³-hybridized carbons (Fsp3) is 0.300. The number of carbonyl (C=O) groups excluding carboxylic acids is 1. The largest absolute Gasteiger partial charge is 0.295 e. The van der Waals surface area contributed by atoms with E-state index in [-0.39, 0.29) is 17.2 Å². The molecule has 0 aliphatic rings. The van der Waals surface area contributed by atoms with Gasteiger partial charge in [0, 0.05) is 23.5 Å². The number of nitriles is 1. The minimum absolute atomic E-state index is 0.100. The van der Waals surface area contributed by atoms with Gasteiger partial charge >= 0.3 is 0 Å². The third kappa shape index (κ3) is 4.34. The van der Waals surface area contributed by atoms with Gasteiger partial charge in [-0.15, -0.1) is 0 Å². The Bertz CT molecular complexity index is 1220. The molecule has 29 heavy (non-hydrogen) atoms. The maximum absolute atomic E-state index is 12.4. The molecular formula is C20H21N5O3S. The Balaban J connectivity index is 1.68. The fourth-order valence-electron chi connectivity index (χ4n) is 3.07. The number of nitrogens with zero attached hydrogens (tertiary/aromatic N) is 4. The molecule has 1 aromatic carbocycles. The zero-order valence-electron chi connectivity index (χ0n) is 16.4. The van der Waals surface area contributed by atoms with Crippen LogP contribution in [0.25, 0.3) is 5.65 Å². The van der Waals surface area contributed by atoms with Gasteiger partial charge in [-0.2, -0.15) is 10.4 Å². The molecule has 3 aromatic rings. The van der Waals surface area contributed by atoms with Gasteiger partial charge in [-0.05, 0) is 51.8 Å². The number of aryl methyl sites for hydroxylation is 3. The fourth-order valence-corrected chi connectivity index (χ4v) is 4.14. The molecule has 0 saturated heterocycles. The Labute approximate surface area is 169 Å². The van der Waals surface area contributed by atoms with Gasteiger partial charge < -0.3 is 0 Å². The lowest BCUT2D eigenvalue weighted by atomic mass is 10.1. The van der Waals surface area contributed by atoms with E-state index in [1.54, 1.807) is 4.52 Å². The molecule has 2 aromatic heterocycles. The monoisotopic (exact) mass is 411 g/mol. The van der Waals surface area contributed by atoms with E-state index >= 15 is 0 Å². The van der Waals surface area contributed by atoms with Gasteiger partial charge in [0.25, 0.3) is 0 Å². The van der Waals surface area contributed by atoms with Crippen LogP contribution in [0.2, 0.25) is 0 Å². The van der Waals surface area contributed by atoms with Crippen LogP contribution < -0.4 is 4.72 Å². The second kappa shape index (κ2) is 8.11. The Hall–Kier alpha value is -3.09. The lowest BCUT2D eigenvalue weighted by molar-refractivity contribution is 0.101. The van der Waals surface area contributed by atoms with Crippen molar-refractivity contribution in [2.45, 2.75) is 38.5 Å². The topological polar surface area (TPSA) is 117 Å². The van der Waals surface area contributed by atoms with Crippen molar-refractivity contribution in [3.05, 3.63) is 58.5 Å². The normalized spacial score (nSPS) is 11.5. The minimum Gasteiger partial charge on any atom is -0.295 e. The Morgan fingerprint density at radius 3 is 2.55 bits per heavy atom. The number of hydrogen-bond acceptors (Lipinski definition) is 6. The van der Waals surface area contributed by atoms with Gasteiger partial charge in [0.15, 0.2) is 11.4 Å². The molecule has 9 heteroatoms. The summed E-state index contributed by atoms with van der Waals surface area (Å²) in [4.78, 5) is 15.8. The molecule has 0 amide bonds. The smallest absolute Gasteiger partial charge is 0.240 e. The third-order valence-electron chi connectivity index (χ3n) is 4.53. The van der Waals surface area contributed by atoms with Crippen LogP contribution in [-0.4, -0.2) is 35.3 Å². The van der Waals surface area contributed by atoms with Gasteiger partial charge in [-0.3, -0.25) is 4.79 Å². The molecule has 0 fully saturated rings. The predicted octanol–water partition coefficient (Wildman–Crippen LogP) is 2.33. The van der Waals surface area contributed by atoms with Crippen LogP contribution in [0.5, 0.6) is 0 Å². The number of nitrogens with one attached hydrogen (secondary N) is 1. The van der Waals surface area contributed by atoms with Crippen molar-refractivity contribution < 1.29 is 13.2 Å². The zero-order chi connectivity index (χ0) is 21.2. The first-order chi connectivity index (χ1) is 13.7. The number of benzene rings is 1. The summed E-state index contributed by atoms with van der Waals surface area (Å²) in [6.45, 7) is 5.37. The summed E-state index contributed by atoms with van der Waals surface area (Å²) >= 11 is 0. The molecule has 0 atom stereocenters. The lowest BCUT2D eigenvalue weighted by Crippen LogP contribution is -2.25. The van der Waals surface area contributed by atoms with E-state index in [2.05, 4.69) is 20.9 Å². The van der Waals surface area contributed by atoms with E-state index in [9.17, 15) is 18.5 Å². The summed E-state index contributed by atoms with van der Waals surface area (Å²) in [6.07, 6.45) is 0.915. The number of sulfonamides is 1. The standard InChI is InChI=1S/C20H21N5O3S/c1-13-11-14(2)25-20(23-13)18(12-21)19(24-25)5-4-10-22-29(27,28)17-8-6-16(7-9-17)15(3)26/h6-9,11,22H,4-5,10H2,1-3H3. The van der Waals surface area contributed by atoms with Crippen LogP contribution in [0, 0.1) is 25.2 Å². The van der Waals surface area contributed by atoms with Crippen LogP contribution in [0.15, 0.2) is 35.2 Å². The van der Waals surface area contributed by atoms with Crippen molar-refractivity contribution in [1.29, 1.82) is 5.26 Å². The first-order valence-electron chi connectivity index (χ1n) is 9.09. The average Bonchev–Trinajstić information content (AvgIpc) is 3.03. The molecule has 2 heterocycles. The van der Waals surface area contributed by atoms with E-state index in [0.717, 1.165) is 11.4 Å². The number of ketones is 1. The Morgan fingerprint density at radius 2 is 1.93 bits per heavy atom. The highest BCUT2D eigenvalue weighted by molar-refractivity contribution is 7.89. The van der Waals surface area contributed by atoms with Crippen LogP contribution in [0.3, 0.4) is 0 Å². The van der Waals surface area contributed by atoms with E-state index in [0.29, 0.717) is 35.3 Å². The predicted molar refractivity (Wildman–Crippen MR) is 107 cm³/mol. The van der Waals surface area contributed by atoms with E-state index in [1.807, 2.05) is 19.9 Å². The number of rotatable bonds is 7. The van der Waals surface area contributed by atoms with Crippen LogP contribution in [0.4, 0.5) is 0 Å². The van der Waals surface area contributed by atoms with Crippen LogP contribution >= 0.6 is 0 Å². The van der Waals surface area contributed by atoms with Crippen molar-refractivity contribution in [2.75, 3.05) is 6.54 Å². The molecule has 0 spiro atoms. The molecule has 0 saturated carbocycles. The molecule has 0 aliphatic heterocycles. The van der Waals surface area contributed by atoms with Crippen molar-refractivity contribution in [3.8, 4) is 6.07 Å². The molecule has 150 valence electrons. The number of aromatic nitrogens is 3. The second-order valence-electron chi connectivity index (χ2n) is 6.79. The number of carbonyl (C=O) groups is 1. The number of Topliss-reactive ketones (excluding diaryl/α,β-unsaturated/α-hetero) is 1. The first-order valence-corrected chi connectivity index (χ1v) is 10.6. The van der Waals surface area contributed by atoms with Crippen molar-refractivity contribution in [1.82, 2.24) is 19.3 Å². The summed E-state index contributed by atoms with van der Waals surface area (Å²) in [5, 5.41) is 14.0. The summed E-state index contributed by atoms with van der Waals surface area (Å²) in [5.41, 5.74) is 3.68. The summed E-state index contributed by atoms with van der Waals surface area (Å²) in [6, 6.07) is 9.84. The van der Waals surface area contributed by atoms with Gasteiger partial charge in [0.1, 0.15) is 11.6 Å². The second-order valence-corrected chi connectivity index (χ2v) is 8.56. The average molecular weight is 411 g/mol. The Kier molecular flexibility index (Phi) is 5.77. The minimum atomic E-state index is -3.67. The highest BCUT2D eigenvalue weighted by atomic mass is 32.2. The van der Waals surface area contributed by atoms with Crippen molar-refractivity contribution in [3.63, 3.8) is 0 Å². The number of fused-ring (bicyclic) bond motifs is 1. The molecule has 1 N–H and O–H groups in total. The van der Waals surface area contributed by atoms with Gasteiger partial charge in [0.05, 0.1) is 10.6 Å². The molecular weight excluding hydrogens is 390 g/mol. The number of hydrogen-bond donors (Lipinski definition) is 1.